The van der Waals surface area contributed by atoms with Crippen LogP contribution in [0.1, 0.15) is 17.2 Å². The zero-order valence-electron chi connectivity index (χ0n) is 17.6. The van der Waals surface area contributed by atoms with Crippen molar-refractivity contribution in [2.45, 2.75) is 6.04 Å². The fourth-order valence-electron chi connectivity index (χ4n) is 3.76. The SMILES string of the molecule is COc1ccc(N2C(=O)C(=O)/C(=C(/O)c3ccc([N+](=O)[O-])cc3)C2c2ccc(F)cc2)cc1Cl. The van der Waals surface area contributed by atoms with Crippen LogP contribution in [0.5, 0.6) is 5.75 Å². The van der Waals surface area contributed by atoms with Crippen LogP contribution in [0.4, 0.5) is 15.8 Å². The molecule has 34 heavy (non-hydrogen) atoms. The molecule has 0 saturated carbocycles. The number of nitrogens with zero attached hydrogens (tertiary/aromatic N) is 2. The highest BCUT2D eigenvalue weighted by molar-refractivity contribution is 6.51. The van der Waals surface area contributed by atoms with Gasteiger partial charge in [-0.05, 0) is 48.0 Å². The average Bonchev–Trinajstić information content (AvgIpc) is 3.09. The minimum absolute atomic E-state index is 0.100. The second kappa shape index (κ2) is 8.95. The zero-order chi connectivity index (χ0) is 24.6. The molecule has 10 heteroatoms. The fraction of sp³-hybridized carbons (Fsp3) is 0.0833. The molecule has 0 aliphatic carbocycles. The van der Waals surface area contributed by atoms with Gasteiger partial charge in [0.25, 0.3) is 17.4 Å². The first-order chi connectivity index (χ1) is 16.2. The summed E-state index contributed by atoms with van der Waals surface area (Å²) in [6, 6.07) is 13.4. The first kappa shape index (κ1) is 22.9. The van der Waals surface area contributed by atoms with Crippen molar-refractivity contribution in [2.75, 3.05) is 12.0 Å². The van der Waals surface area contributed by atoms with E-state index in [-0.39, 0.29) is 27.5 Å². The topological polar surface area (TPSA) is 110 Å². The van der Waals surface area contributed by atoms with Gasteiger partial charge in [0.15, 0.2) is 0 Å². The van der Waals surface area contributed by atoms with E-state index in [4.69, 9.17) is 16.3 Å². The molecule has 0 spiro atoms. The summed E-state index contributed by atoms with van der Waals surface area (Å²) >= 11 is 6.23. The molecule has 1 aliphatic heterocycles. The molecule has 172 valence electrons. The van der Waals surface area contributed by atoms with Gasteiger partial charge in [-0.25, -0.2) is 4.39 Å². The summed E-state index contributed by atoms with van der Waals surface area (Å²) in [5.41, 5.74) is 0.252. The molecular weight excluding hydrogens is 467 g/mol. The van der Waals surface area contributed by atoms with Crippen molar-refractivity contribution in [1.82, 2.24) is 0 Å². The zero-order valence-corrected chi connectivity index (χ0v) is 18.3. The largest absolute Gasteiger partial charge is 0.507 e. The maximum absolute atomic E-state index is 13.6. The molecule has 3 aromatic rings. The Labute approximate surface area is 197 Å². The van der Waals surface area contributed by atoms with Gasteiger partial charge in [-0.1, -0.05) is 23.7 Å². The number of halogens is 2. The minimum atomic E-state index is -1.11. The molecule has 0 bridgehead atoms. The number of hydrogen-bond donors (Lipinski definition) is 1. The van der Waals surface area contributed by atoms with Gasteiger partial charge in [-0.3, -0.25) is 24.6 Å². The number of aliphatic hydroxyl groups is 1. The number of amides is 1. The summed E-state index contributed by atoms with van der Waals surface area (Å²) in [5, 5.41) is 22.2. The smallest absolute Gasteiger partial charge is 0.300 e. The van der Waals surface area contributed by atoms with Crippen LogP contribution in [-0.4, -0.2) is 28.8 Å². The molecule has 3 aromatic carbocycles. The summed E-state index contributed by atoms with van der Waals surface area (Å²) in [6.07, 6.45) is 0. The molecule has 0 aromatic heterocycles. The highest BCUT2D eigenvalue weighted by atomic mass is 35.5. The van der Waals surface area contributed by atoms with E-state index < -0.39 is 34.2 Å². The number of hydrogen-bond acceptors (Lipinski definition) is 6. The Morgan fingerprint density at radius 2 is 1.74 bits per heavy atom. The van der Waals surface area contributed by atoms with Crippen molar-refractivity contribution in [3.8, 4) is 5.75 Å². The third-order valence-corrected chi connectivity index (χ3v) is 5.69. The molecule has 1 fully saturated rings. The standard InChI is InChI=1S/C24H16ClFN2O6/c1-34-19-11-10-17(12-18(19)25)27-21(13-2-6-15(26)7-3-13)20(23(30)24(27)31)22(29)14-4-8-16(9-5-14)28(32)33/h2-12,21,29H,1H3/b22-20+. The molecule has 1 amide bonds. The fourth-order valence-corrected chi connectivity index (χ4v) is 4.01. The third-order valence-electron chi connectivity index (χ3n) is 5.40. The number of Topliss-reactive ketones (excluding diaryl/α,β-unsaturated/α-hetero) is 1. The number of ketones is 1. The number of non-ortho nitro benzene ring substituents is 1. The van der Waals surface area contributed by atoms with Crippen LogP contribution in [0.3, 0.4) is 0 Å². The Kier molecular flexibility index (Phi) is 6.04. The normalized spacial score (nSPS) is 17.1. The lowest BCUT2D eigenvalue weighted by molar-refractivity contribution is -0.384. The van der Waals surface area contributed by atoms with E-state index >= 15 is 0 Å². The average molecular weight is 483 g/mol. The molecular formula is C24H16ClFN2O6. The first-order valence-corrected chi connectivity index (χ1v) is 10.3. The second-order valence-electron chi connectivity index (χ2n) is 7.34. The number of anilines is 1. The Bertz CT molecular complexity index is 1340. The van der Waals surface area contributed by atoms with Gasteiger partial charge in [0, 0.05) is 23.4 Å². The van der Waals surface area contributed by atoms with Crippen LogP contribution in [0.15, 0.2) is 72.3 Å². The lowest BCUT2D eigenvalue weighted by Crippen LogP contribution is -2.29. The highest BCUT2D eigenvalue weighted by Gasteiger charge is 2.47. The number of rotatable bonds is 5. The highest BCUT2D eigenvalue weighted by Crippen LogP contribution is 2.43. The van der Waals surface area contributed by atoms with E-state index in [2.05, 4.69) is 0 Å². The van der Waals surface area contributed by atoms with Crippen molar-refractivity contribution in [2.24, 2.45) is 0 Å². The molecule has 1 unspecified atom stereocenters. The summed E-state index contributed by atoms with van der Waals surface area (Å²) in [5.74, 6) is -2.60. The maximum Gasteiger partial charge on any atom is 0.300 e. The summed E-state index contributed by atoms with van der Waals surface area (Å²) in [7, 11) is 1.43. The van der Waals surface area contributed by atoms with Gasteiger partial charge in [0.1, 0.15) is 17.3 Å². The molecule has 8 nitrogen and oxygen atoms in total. The van der Waals surface area contributed by atoms with Gasteiger partial charge in [-0.2, -0.15) is 0 Å². The van der Waals surface area contributed by atoms with Crippen molar-refractivity contribution < 1.29 is 28.7 Å². The molecule has 1 aliphatic rings. The van der Waals surface area contributed by atoms with Crippen LogP contribution in [0.2, 0.25) is 5.02 Å². The van der Waals surface area contributed by atoms with E-state index in [1.165, 1.54) is 73.8 Å². The van der Waals surface area contributed by atoms with Crippen LogP contribution in [0, 0.1) is 15.9 Å². The van der Waals surface area contributed by atoms with Crippen molar-refractivity contribution in [3.63, 3.8) is 0 Å². The number of aliphatic hydroxyl groups excluding tert-OH is 1. The molecule has 1 heterocycles. The molecule has 0 radical (unpaired) electrons. The van der Waals surface area contributed by atoms with Crippen molar-refractivity contribution in [3.05, 3.63) is 104 Å². The van der Waals surface area contributed by atoms with Gasteiger partial charge in [-0.15, -0.1) is 0 Å². The van der Waals surface area contributed by atoms with E-state index in [0.717, 1.165) is 4.90 Å². The minimum Gasteiger partial charge on any atom is -0.507 e. The van der Waals surface area contributed by atoms with Crippen LogP contribution >= 0.6 is 11.6 Å². The van der Waals surface area contributed by atoms with E-state index in [1.54, 1.807) is 0 Å². The van der Waals surface area contributed by atoms with Gasteiger partial charge in [0.05, 0.1) is 28.7 Å². The van der Waals surface area contributed by atoms with E-state index in [0.29, 0.717) is 11.3 Å². The number of carbonyl (C=O) groups is 2. The predicted octanol–water partition coefficient (Wildman–Crippen LogP) is 5.02. The number of benzene rings is 3. The number of nitro benzene ring substituents is 1. The third kappa shape index (κ3) is 3.97. The molecule has 1 N–H and O–H groups in total. The van der Waals surface area contributed by atoms with E-state index in [9.17, 15) is 29.2 Å². The van der Waals surface area contributed by atoms with Crippen LogP contribution < -0.4 is 9.64 Å². The number of methoxy groups -OCH3 is 1. The first-order valence-electron chi connectivity index (χ1n) is 9.87. The Balaban J connectivity index is 1.91. The van der Waals surface area contributed by atoms with Crippen LogP contribution in [0.25, 0.3) is 5.76 Å². The van der Waals surface area contributed by atoms with Gasteiger partial charge >= 0.3 is 0 Å². The number of ether oxygens (including phenoxy) is 1. The number of carbonyl (C=O) groups excluding carboxylic acids is 2. The molecule has 4 rings (SSSR count). The van der Waals surface area contributed by atoms with Crippen molar-refractivity contribution >= 4 is 40.4 Å². The Morgan fingerprint density at radius 3 is 2.29 bits per heavy atom. The summed E-state index contributed by atoms with van der Waals surface area (Å²) in [6.45, 7) is 0. The van der Waals surface area contributed by atoms with Gasteiger partial charge < -0.3 is 9.84 Å². The number of nitro groups is 1. The quantitative estimate of drug-likeness (QED) is 0.180. The summed E-state index contributed by atoms with van der Waals surface area (Å²) < 4.78 is 18.7. The second-order valence-corrected chi connectivity index (χ2v) is 7.75. The van der Waals surface area contributed by atoms with Crippen molar-refractivity contribution in [1.29, 1.82) is 0 Å². The predicted molar refractivity (Wildman–Crippen MR) is 122 cm³/mol. The van der Waals surface area contributed by atoms with E-state index in [1.807, 2.05) is 0 Å². The molecule has 1 saturated heterocycles. The Hall–Kier alpha value is -4.24. The van der Waals surface area contributed by atoms with Gasteiger partial charge in [0.2, 0.25) is 0 Å². The Morgan fingerprint density at radius 1 is 1.09 bits per heavy atom. The maximum atomic E-state index is 13.6. The molecule has 1 atom stereocenters. The van der Waals surface area contributed by atoms with Crippen LogP contribution in [-0.2, 0) is 9.59 Å². The lowest BCUT2D eigenvalue weighted by atomic mass is 9.95. The monoisotopic (exact) mass is 482 g/mol. The summed E-state index contributed by atoms with van der Waals surface area (Å²) in [4.78, 5) is 37.7. The lowest BCUT2D eigenvalue weighted by Gasteiger charge is -2.26.